The molecule has 0 aliphatic carbocycles. The van der Waals surface area contributed by atoms with Crippen LogP contribution >= 0.6 is 45.5 Å². The summed E-state index contributed by atoms with van der Waals surface area (Å²) >= 11 is 10.4. The number of ether oxygens (including phenoxy) is 1. The minimum absolute atomic E-state index is 0.144. The van der Waals surface area contributed by atoms with Crippen molar-refractivity contribution in [2.24, 2.45) is 0 Å². The van der Waals surface area contributed by atoms with Gasteiger partial charge in [-0.05, 0) is 63.8 Å². The molecule has 1 aliphatic heterocycles. The van der Waals surface area contributed by atoms with Gasteiger partial charge in [-0.1, -0.05) is 18.5 Å². The molecule has 0 saturated carbocycles. The average molecular weight is 420 g/mol. The molecule has 0 radical (unpaired) electrons. The predicted octanol–water partition coefficient (Wildman–Crippen LogP) is 4.64. The highest BCUT2D eigenvalue weighted by atomic mass is 127. The third-order valence-corrected chi connectivity index (χ3v) is 5.44. The minimum atomic E-state index is 0.144. The Morgan fingerprint density at radius 2 is 2.30 bits per heavy atom. The van der Waals surface area contributed by atoms with Crippen LogP contribution in [0, 0.1) is 2.88 Å². The molecule has 1 aliphatic rings. The molecule has 0 saturated heterocycles. The first-order valence-corrected chi connectivity index (χ1v) is 8.95. The van der Waals surface area contributed by atoms with Gasteiger partial charge in [-0.15, -0.1) is 11.3 Å². The first-order chi connectivity index (χ1) is 9.69. The summed E-state index contributed by atoms with van der Waals surface area (Å²) in [5.74, 6) is 1.02. The molecule has 3 rings (SSSR count). The topological polar surface area (TPSA) is 21.3 Å². The molecule has 2 nitrogen and oxygen atoms in total. The lowest BCUT2D eigenvalue weighted by Crippen LogP contribution is -2.22. The van der Waals surface area contributed by atoms with Gasteiger partial charge in [-0.25, -0.2) is 0 Å². The maximum Gasteiger partial charge on any atom is 0.127 e. The number of fused-ring (bicyclic) bond motifs is 1. The Morgan fingerprint density at radius 3 is 3.00 bits per heavy atom. The number of halogens is 2. The van der Waals surface area contributed by atoms with Crippen molar-refractivity contribution in [1.82, 2.24) is 5.32 Å². The highest BCUT2D eigenvalue weighted by molar-refractivity contribution is 14.1. The maximum absolute atomic E-state index is 6.28. The fourth-order valence-electron chi connectivity index (χ4n) is 2.60. The van der Waals surface area contributed by atoms with E-state index in [-0.39, 0.29) is 6.04 Å². The van der Waals surface area contributed by atoms with Gasteiger partial charge < -0.3 is 10.1 Å². The second-order valence-corrected chi connectivity index (χ2v) is 8.00. The summed E-state index contributed by atoms with van der Waals surface area (Å²) in [6, 6.07) is 6.42. The number of hydrogen-bond donors (Lipinski definition) is 1. The van der Waals surface area contributed by atoms with Crippen molar-refractivity contribution in [1.29, 1.82) is 0 Å². The third kappa shape index (κ3) is 2.84. The highest BCUT2D eigenvalue weighted by Gasteiger charge is 2.24. The van der Waals surface area contributed by atoms with Crippen molar-refractivity contribution >= 4 is 45.5 Å². The van der Waals surface area contributed by atoms with Crippen LogP contribution < -0.4 is 10.1 Å². The SMILES string of the molecule is CCNC(c1csc(I)c1)c1cc(Cl)cc2c1OCC2. The van der Waals surface area contributed by atoms with Crippen LogP contribution in [0.1, 0.15) is 29.7 Å². The van der Waals surface area contributed by atoms with E-state index in [9.17, 15) is 0 Å². The third-order valence-electron chi connectivity index (χ3n) is 3.42. The summed E-state index contributed by atoms with van der Waals surface area (Å²) in [7, 11) is 0. The van der Waals surface area contributed by atoms with Gasteiger partial charge in [-0.3, -0.25) is 0 Å². The van der Waals surface area contributed by atoms with E-state index in [0.717, 1.165) is 35.9 Å². The molecule has 5 heteroatoms. The summed E-state index contributed by atoms with van der Waals surface area (Å²) in [6.45, 7) is 3.77. The van der Waals surface area contributed by atoms with E-state index in [1.165, 1.54) is 14.0 Å². The van der Waals surface area contributed by atoms with Crippen molar-refractivity contribution in [2.45, 2.75) is 19.4 Å². The molecule has 1 N–H and O–H groups in total. The summed E-state index contributed by atoms with van der Waals surface area (Å²) in [5, 5.41) is 6.54. The molecule has 1 aromatic carbocycles. The quantitative estimate of drug-likeness (QED) is 0.729. The number of rotatable bonds is 4. The van der Waals surface area contributed by atoms with Crippen LogP contribution in [0.2, 0.25) is 5.02 Å². The van der Waals surface area contributed by atoms with E-state index in [1.807, 2.05) is 12.1 Å². The zero-order valence-corrected chi connectivity index (χ0v) is 14.8. The number of nitrogens with one attached hydrogen (secondary N) is 1. The maximum atomic E-state index is 6.28. The minimum Gasteiger partial charge on any atom is -0.493 e. The Balaban J connectivity index is 2.08. The van der Waals surface area contributed by atoms with Crippen molar-refractivity contribution in [3.63, 3.8) is 0 Å². The second kappa shape index (κ2) is 6.22. The number of benzene rings is 1. The van der Waals surface area contributed by atoms with Crippen LogP contribution in [0.5, 0.6) is 5.75 Å². The van der Waals surface area contributed by atoms with Gasteiger partial charge in [0.15, 0.2) is 0 Å². The smallest absolute Gasteiger partial charge is 0.127 e. The Labute approximate surface area is 141 Å². The van der Waals surface area contributed by atoms with Crippen LogP contribution in [0.25, 0.3) is 0 Å². The predicted molar refractivity (Wildman–Crippen MR) is 93.2 cm³/mol. The standard InChI is InChI=1S/C15H15ClINOS/c1-2-18-14(10-6-13(17)20-8-10)12-7-11(16)5-9-3-4-19-15(9)12/h5-8,14,18H,2-4H2,1H3. The van der Waals surface area contributed by atoms with E-state index in [2.05, 4.69) is 46.3 Å². The largest absolute Gasteiger partial charge is 0.493 e. The molecule has 106 valence electrons. The summed E-state index contributed by atoms with van der Waals surface area (Å²) < 4.78 is 7.13. The molecule has 1 aromatic heterocycles. The number of hydrogen-bond acceptors (Lipinski definition) is 3. The van der Waals surface area contributed by atoms with Gasteiger partial charge in [0, 0.05) is 17.0 Å². The van der Waals surface area contributed by atoms with Gasteiger partial charge in [-0.2, -0.15) is 0 Å². The molecule has 0 amide bonds. The van der Waals surface area contributed by atoms with Gasteiger partial charge in [0.2, 0.25) is 0 Å². The molecule has 1 atom stereocenters. The zero-order valence-electron chi connectivity index (χ0n) is 11.1. The van der Waals surface area contributed by atoms with E-state index in [1.54, 1.807) is 11.3 Å². The van der Waals surface area contributed by atoms with Gasteiger partial charge in [0.25, 0.3) is 0 Å². The first-order valence-electron chi connectivity index (χ1n) is 6.61. The molecule has 2 heterocycles. The van der Waals surface area contributed by atoms with Gasteiger partial charge in [0.05, 0.1) is 15.5 Å². The molecule has 20 heavy (non-hydrogen) atoms. The van der Waals surface area contributed by atoms with Crippen molar-refractivity contribution < 1.29 is 4.74 Å². The monoisotopic (exact) mass is 419 g/mol. The fraction of sp³-hybridized carbons (Fsp3) is 0.333. The molecular formula is C15H15ClINOS. The molecule has 2 aromatic rings. The van der Waals surface area contributed by atoms with Crippen LogP contribution in [0.3, 0.4) is 0 Å². The van der Waals surface area contributed by atoms with E-state index in [4.69, 9.17) is 16.3 Å². The molecule has 0 bridgehead atoms. The summed E-state index contributed by atoms with van der Waals surface area (Å²) in [4.78, 5) is 0. The van der Waals surface area contributed by atoms with Crippen molar-refractivity contribution in [2.75, 3.05) is 13.2 Å². The molecular weight excluding hydrogens is 405 g/mol. The van der Waals surface area contributed by atoms with E-state index in [0.29, 0.717) is 0 Å². The Morgan fingerprint density at radius 1 is 1.45 bits per heavy atom. The zero-order chi connectivity index (χ0) is 14.1. The molecule has 0 spiro atoms. The van der Waals surface area contributed by atoms with Gasteiger partial charge >= 0.3 is 0 Å². The normalized spacial score (nSPS) is 14.9. The summed E-state index contributed by atoms with van der Waals surface area (Å²) in [6.07, 6.45) is 0.947. The van der Waals surface area contributed by atoms with Crippen LogP contribution in [0.15, 0.2) is 23.6 Å². The summed E-state index contributed by atoms with van der Waals surface area (Å²) in [5.41, 5.74) is 3.66. The fourth-order valence-corrected chi connectivity index (χ4v) is 4.25. The second-order valence-electron chi connectivity index (χ2n) is 4.76. The average Bonchev–Trinajstić information content (AvgIpc) is 3.03. The van der Waals surface area contributed by atoms with Crippen LogP contribution in [0.4, 0.5) is 0 Å². The van der Waals surface area contributed by atoms with Gasteiger partial charge in [0.1, 0.15) is 5.75 Å². The lowest BCUT2D eigenvalue weighted by molar-refractivity contribution is 0.350. The number of thiophene rings is 1. The van der Waals surface area contributed by atoms with Crippen molar-refractivity contribution in [3.8, 4) is 5.75 Å². The Hall–Kier alpha value is -0.300. The van der Waals surface area contributed by atoms with E-state index < -0.39 is 0 Å². The molecule has 0 fully saturated rings. The molecule has 1 unspecified atom stereocenters. The van der Waals surface area contributed by atoms with Crippen molar-refractivity contribution in [3.05, 3.63) is 48.2 Å². The Bertz CT molecular complexity index is 628. The van der Waals surface area contributed by atoms with Crippen LogP contribution in [-0.2, 0) is 6.42 Å². The lowest BCUT2D eigenvalue weighted by atomic mass is 9.97. The van der Waals surface area contributed by atoms with E-state index >= 15 is 0 Å². The van der Waals surface area contributed by atoms with Crippen LogP contribution in [-0.4, -0.2) is 13.2 Å². The Kier molecular flexibility index (Phi) is 4.55. The first kappa shape index (κ1) is 14.6. The lowest BCUT2D eigenvalue weighted by Gasteiger charge is -2.20. The highest BCUT2D eigenvalue weighted by Crippen LogP contribution is 2.39.